The van der Waals surface area contributed by atoms with E-state index in [0.29, 0.717) is 17.1 Å². The summed E-state index contributed by atoms with van der Waals surface area (Å²) in [6.45, 7) is 0. The minimum atomic E-state index is -1.75. The Kier molecular flexibility index (Phi) is 6.10. The quantitative estimate of drug-likeness (QED) is 0.350. The molecular formula is C25H21FN4O3. The van der Waals surface area contributed by atoms with E-state index in [1.807, 2.05) is 12.1 Å². The van der Waals surface area contributed by atoms with E-state index >= 15 is 0 Å². The van der Waals surface area contributed by atoms with Crippen LogP contribution in [-0.2, 0) is 4.79 Å². The highest BCUT2D eigenvalue weighted by Crippen LogP contribution is 2.33. The second-order valence-corrected chi connectivity index (χ2v) is 7.63. The van der Waals surface area contributed by atoms with E-state index in [9.17, 15) is 19.1 Å². The summed E-state index contributed by atoms with van der Waals surface area (Å²) in [4.78, 5) is 37.6. The number of Topliss-reactive ketones (excluding diaryl/α,β-unsaturated/α-hetero) is 1. The highest BCUT2D eigenvalue weighted by Gasteiger charge is 2.26. The Morgan fingerprint density at radius 2 is 1.52 bits per heavy atom. The number of aliphatic hydroxyl groups excluding tert-OH is 1. The number of hydrogen-bond donors (Lipinski definition) is 2. The molecular weight excluding hydrogens is 423 g/mol. The topological polar surface area (TPSA) is 99.2 Å². The van der Waals surface area contributed by atoms with Crippen LogP contribution in [0.1, 0.15) is 10.4 Å². The maximum Gasteiger partial charge on any atom is 0.259 e. The largest absolute Gasteiger partial charge is 0.376 e. The lowest BCUT2D eigenvalue weighted by molar-refractivity contribution is -0.135. The van der Waals surface area contributed by atoms with Gasteiger partial charge in [0.2, 0.25) is 5.78 Å². The van der Waals surface area contributed by atoms with E-state index in [4.69, 9.17) is 4.98 Å². The Hall–Kier alpha value is -4.17. The summed E-state index contributed by atoms with van der Waals surface area (Å²) in [5, 5.41) is 10.0. The third-order valence-electron chi connectivity index (χ3n) is 5.16. The smallest absolute Gasteiger partial charge is 0.259 e. The number of benzene rings is 2. The molecule has 2 aromatic carbocycles. The zero-order valence-electron chi connectivity index (χ0n) is 18.0. The van der Waals surface area contributed by atoms with Gasteiger partial charge in [-0.1, -0.05) is 24.3 Å². The first kappa shape index (κ1) is 22.0. The summed E-state index contributed by atoms with van der Waals surface area (Å²) >= 11 is 0. The SMILES string of the molecule is CN(C)C(=O)C(O)C(=O)c1ccc(-c2nc(-c3ccc(F)cc3)c(-c3ccncc3)[nH]2)cc1. The van der Waals surface area contributed by atoms with Crippen molar-refractivity contribution in [1.82, 2.24) is 19.9 Å². The molecule has 0 fully saturated rings. The van der Waals surface area contributed by atoms with E-state index < -0.39 is 17.8 Å². The fourth-order valence-corrected chi connectivity index (χ4v) is 3.36. The van der Waals surface area contributed by atoms with Crippen LogP contribution in [0.15, 0.2) is 73.1 Å². The van der Waals surface area contributed by atoms with Crippen LogP contribution in [0.3, 0.4) is 0 Å². The number of imidazole rings is 1. The molecule has 2 heterocycles. The maximum absolute atomic E-state index is 13.4. The number of nitrogens with zero attached hydrogens (tertiary/aromatic N) is 3. The molecule has 2 aromatic heterocycles. The number of carbonyl (C=O) groups is 2. The number of aliphatic hydroxyl groups is 1. The van der Waals surface area contributed by atoms with Gasteiger partial charge in [-0.2, -0.15) is 0 Å². The van der Waals surface area contributed by atoms with Crippen molar-refractivity contribution in [1.29, 1.82) is 0 Å². The lowest BCUT2D eigenvalue weighted by Crippen LogP contribution is -2.39. The van der Waals surface area contributed by atoms with Gasteiger partial charge in [0.25, 0.3) is 5.91 Å². The molecule has 0 aliphatic rings. The molecule has 1 atom stereocenters. The molecule has 0 bridgehead atoms. The van der Waals surface area contributed by atoms with Crippen molar-refractivity contribution in [3.8, 4) is 33.9 Å². The van der Waals surface area contributed by atoms with Gasteiger partial charge in [0.15, 0.2) is 6.10 Å². The summed E-state index contributed by atoms with van der Waals surface area (Å²) in [6.07, 6.45) is 1.59. The standard InChI is InChI=1S/C25H21FN4O3/c1-30(2)25(33)23(32)22(31)17-3-5-18(6-4-17)24-28-20(15-7-9-19(26)10-8-15)21(29-24)16-11-13-27-14-12-16/h3-14,23,32H,1-2H3,(H,28,29). The summed E-state index contributed by atoms with van der Waals surface area (Å²) in [5.41, 5.74) is 3.89. The number of H-pyrrole nitrogens is 1. The minimum Gasteiger partial charge on any atom is -0.376 e. The van der Waals surface area contributed by atoms with Crippen molar-refractivity contribution >= 4 is 11.7 Å². The minimum absolute atomic E-state index is 0.209. The van der Waals surface area contributed by atoms with E-state index in [0.717, 1.165) is 21.7 Å². The van der Waals surface area contributed by atoms with Crippen molar-refractivity contribution in [2.24, 2.45) is 0 Å². The van der Waals surface area contributed by atoms with Gasteiger partial charge in [0.1, 0.15) is 11.6 Å². The zero-order chi connectivity index (χ0) is 23.5. The molecule has 0 radical (unpaired) electrons. The molecule has 0 saturated heterocycles. The monoisotopic (exact) mass is 444 g/mol. The average Bonchev–Trinajstić information content (AvgIpc) is 3.29. The van der Waals surface area contributed by atoms with Crippen LogP contribution in [0.2, 0.25) is 0 Å². The summed E-state index contributed by atoms with van der Waals surface area (Å²) in [6, 6.07) is 16.2. The first-order chi connectivity index (χ1) is 15.8. The van der Waals surface area contributed by atoms with Gasteiger partial charge in [-0.15, -0.1) is 0 Å². The number of nitrogens with one attached hydrogen (secondary N) is 1. The van der Waals surface area contributed by atoms with Crippen LogP contribution in [-0.4, -0.2) is 56.8 Å². The molecule has 1 unspecified atom stereocenters. The Balaban J connectivity index is 1.70. The number of aromatic nitrogens is 3. The van der Waals surface area contributed by atoms with Crippen molar-refractivity contribution in [2.75, 3.05) is 14.1 Å². The van der Waals surface area contributed by atoms with Crippen molar-refractivity contribution < 1.29 is 19.1 Å². The second kappa shape index (κ2) is 9.13. The molecule has 0 aliphatic carbocycles. The Morgan fingerprint density at radius 1 is 0.909 bits per heavy atom. The number of pyridine rings is 1. The first-order valence-corrected chi connectivity index (χ1v) is 10.2. The first-order valence-electron chi connectivity index (χ1n) is 10.2. The van der Waals surface area contributed by atoms with Crippen LogP contribution in [0, 0.1) is 5.82 Å². The van der Waals surface area contributed by atoms with Gasteiger partial charge in [0.05, 0.1) is 11.4 Å². The number of carbonyl (C=O) groups excluding carboxylic acids is 2. The molecule has 8 heteroatoms. The van der Waals surface area contributed by atoms with Crippen LogP contribution in [0.25, 0.3) is 33.9 Å². The number of likely N-dealkylation sites (N-methyl/N-ethyl adjacent to an activating group) is 1. The van der Waals surface area contributed by atoms with Crippen LogP contribution in [0.4, 0.5) is 4.39 Å². The zero-order valence-corrected chi connectivity index (χ0v) is 18.0. The Bertz CT molecular complexity index is 1280. The highest BCUT2D eigenvalue weighted by molar-refractivity contribution is 6.12. The van der Waals surface area contributed by atoms with Crippen LogP contribution in [0.5, 0.6) is 0 Å². The van der Waals surface area contributed by atoms with Gasteiger partial charge < -0.3 is 15.0 Å². The molecule has 0 aliphatic heterocycles. The lowest BCUT2D eigenvalue weighted by atomic mass is 10.0. The van der Waals surface area contributed by atoms with Crippen molar-refractivity contribution in [3.63, 3.8) is 0 Å². The van der Waals surface area contributed by atoms with E-state index in [2.05, 4.69) is 9.97 Å². The van der Waals surface area contributed by atoms with Gasteiger partial charge in [-0.25, -0.2) is 9.37 Å². The fourth-order valence-electron chi connectivity index (χ4n) is 3.36. The van der Waals surface area contributed by atoms with Gasteiger partial charge >= 0.3 is 0 Å². The third-order valence-corrected chi connectivity index (χ3v) is 5.16. The normalized spacial score (nSPS) is 11.8. The van der Waals surface area contributed by atoms with Crippen molar-refractivity contribution in [3.05, 3.63) is 84.4 Å². The predicted octanol–water partition coefficient (Wildman–Crippen LogP) is 3.58. The number of ketones is 1. The Morgan fingerprint density at radius 3 is 2.12 bits per heavy atom. The van der Waals surface area contributed by atoms with Crippen LogP contribution < -0.4 is 0 Å². The van der Waals surface area contributed by atoms with Crippen LogP contribution >= 0.6 is 0 Å². The third kappa shape index (κ3) is 4.56. The molecule has 1 amide bonds. The molecule has 0 saturated carbocycles. The summed E-state index contributed by atoms with van der Waals surface area (Å²) in [5.74, 6) is -1.15. The van der Waals surface area contributed by atoms with Gasteiger partial charge in [-0.3, -0.25) is 14.6 Å². The number of aromatic amines is 1. The van der Waals surface area contributed by atoms with E-state index in [1.165, 1.54) is 38.4 Å². The lowest BCUT2D eigenvalue weighted by Gasteiger charge is -2.14. The summed E-state index contributed by atoms with van der Waals surface area (Å²) in [7, 11) is 2.94. The number of amides is 1. The molecule has 7 nitrogen and oxygen atoms in total. The number of rotatable bonds is 6. The predicted molar refractivity (Wildman–Crippen MR) is 122 cm³/mol. The fraction of sp³-hybridized carbons (Fsp3) is 0.120. The van der Waals surface area contributed by atoms with Gasteiger partial charge in [0, 0.05) is 48.7 Å². The Labute approximate surface area is 189 Å². The highest BCUT2D eigenvalue weighted by atomic mass is 19.1. The molecule has 2 N–H and O–H groups in total. The number of halogens is 1. The molecule has 4 aromatic rings. The molecule has 0 spiro atoms. The number of hydrogen-bond acceptors (Lipinski definition) is 5. The van der Waals surface area contributed by atoms with E-state index in [-0.39, 0.29) is 11.4 Å². The average molecular weight is 444 g/mol. The van der Waals surface area contributed by atoms with E-state index in [1.54, 1.807) is 36.7 Å². The van der Waals surface area contributed by atoms with Gasteiger partial charge in [-0.05, 0) is 36.4 Å². The second-order valence-electron chi connectivity index (χ2n) is 7.63. The summed E-state index contributed by atoms with van der Waals surface area (Å²) < 4.78 is 13.4. The molecule has 166 valence electrons. The molecule has 4 rings (SSSR count). The molecule has 33 heavy (non-hydrogen) atoms. The van der Waals surface area contributed by atoms with Crippen molar-refractivity contribution in [2.45, 2.75) is 6.10 Å². The maximum atomic E-state index is 13.4.